The van der Waals surface area contributed by atoms with Crippen molar-refractivity contribution >= 4 is 23.1 Å². The molecule has 0 amide bonds. The van der Waals surface area contributed by atoms with E-state index in [2.05, 4.69) is 77.9 Å². The molecule has 3 aromatic rings. The second-order valence-corrected chi connectivity index (χ2v) is 11.2. The van der Waals surface area contributed by atoms with Gasteiger partial charge in [0.1, 0.15) is 0 Å². The Balaban J connectivity index is 1.90. The predicted octanol–water partition coefficient (Wildman–Crippen LogP) is 6.06. The van der Waals surface area contributed by atoms with Gasteiger partial charge in [0.05, 0.1) is 0 Å². The average molecular weight is 572 g/mol. The number of hydrogen-bond acceptors (Lipinski definition) is 3. The average Bonchev–Trinajstić information content (AvgIpc) is 2.62. The molecule has 0 radical (unpaired) electrons. The van der Waals surface area contributed by atoms with Crippen LogP contribution in [0.4, 0.5) is 0 Å². The van der Waals surface area contributed by atoms with E-state index in [1.165, 1.54) is 16.7 Å². The molecule has 146 valence electrons. The van der Waals surface area contributed by atoms with Crippen LogP contribution in [0.3, 0.4) is 0 Å². The monoisotopic (exact) mass is 572 g/mol. The van der Waals surface area contributed by atoms with Crippen molar-refractivity contribution < 1.29 is 8.44 Å². The molecule has 0 atom stereocenters. The van der Waals surface area contributed by atoms with Crippen molar-refractivity contribution in [2.24, 2.45) is 0 Å². The first-order valence-electron chi connectivity index (χ1n) is 9.37. The van der Waals surface area contributed by atoms with Gasteiger partial charge in [0.25, 0.3) is 0 Å². The van der Waals surface area contributed by atoms with Crippen molar-refractivity contribution in [2.75, 3.05) is 0 Å². The summed E-state index contributed by atoms with van der Waals surface area (Å²) >= 11 is -3.31. The van der Waals surface area contributed by atoms with Crippen LogP contribution in [-0.2, 0) is 0 Å². The van der Waals surface area contributed by atoms with E-state index in [0.717, 1.165) is 33.9 Å². The summed E-state index contributed by atoms with van der Waals surface area (Å²) in [6.45, 7) is 12.4. The van der Waals surface area contributed by atoms with Crippen LogP contribution < -0.4 is 8.44 Å². The summed E-state index contributed by atoms with van der Waals surface area (Å²) in [4.78, 5) is 0. The molecule has 0 saturated heterocycles. The summed E-state index contributed by atoms with van der Waals surface area (Å²) in [5.41, 5.74) is 6.90. The first kappa shape index (κ1) is 20.7. The van der Waals surface area contributed by atoms with Crippen molar-refractivity contribution in [1.29, 1.82) is 0 Å². The molecule has 0 aliphatic heterocycles. The molecule has 4 heteroatoms. The van der Waals surface area contributed by atoms with E-state index in [1.54, 1.807) is 0 Å². The fourth-order valence-corrected chi connectivity index (χ4v) is 7.70. The molecule has 0 heterocycles. The molecule has 0 aliphatic rings. The Morgan fingerprint density at radius 3 is 1.00 bits per heavy atom. The first-order valence-corrected chi connectivity index (χ1v) is 13.6. The van der Waals surface area contributed by atoms with Crippen molar-refractivity contribution in [2.45, 2.75) is 41.5 Å². The van der Waals surface area contributed by atoms with Crippen molar-refractivity contribution in [1.82, 2.24) is 0 Å². The first-order chi connectivity index (χ1) is 13.3. The van der Waals surface area contributed by atoms with Crippen LogP contribution in [0.5, 0.6) is 17.2 Å². The van der Waals surface area contributed by atoms with Gasteiger partial charge in [-0.2, -0.15) is 0 Å². The van der Waals surface area contributed by atoms with E-state index in [4.69, 9.17) is 8.44 Å². The predicted molar refractivity (Wildman–Crippen MR) is 115 cm³/mol. The van der Waals surface area contributed by atoms with Crippen molar-refractivity contribution in [3.8, 4) is 17.2 Å². The van der Waals surface area contributed by atoms with Crippen LogP contribution >= 0.6 is 0 Å². The van der Waals surface area contributed by atoms with Gasteiger partial charge in [-0.05, 0) is 0 Å². The van der Waals surface area contributed by atoms with E-state index in [0.29, 0.717) is 0 Å². The van der Waals surface area contributed by atoms with E-state index in [9.17, 15) is 0 Å². The van der Waals surface area contributed by atoms with Gasteiger partial charge in [0.2, 0.25) is 0 Å². The van der Waals surface area contributed by atoms with Gasteiger partial charge in [0, 0.05) is 0 Å². The van der Waals surface area contributed by atoms with E-state index < -0.39 is 23.1 Å². The fourth-order valence-electron chi connectivity index (χ4n) is 3.00. The summed E-state index contributed by atoms with van der Waals surface area (Å²) in [6.07, 6.45) is 0. The molecule has 0 fully saturated rings. The molecule has 0 unspecified atom stereocenters. The van der Waals surface area contributed by atoms with Crippen LogP contribution in [0.2, 0.25) is 0 Å². The zero-order chi connectivity index (χ0) is 20.3. The van der Waals surface area contributed by atoms with Crippen LogP contribution in [0, 0.1) is 41.5 Å². The SMILES string of the molecule is Cc1ccc([O][Bi]([O]c2ccc(C)cc2C)[O]c2ccc(C)cc2C)c(C)c1. The molecule has 28 heavy (non-hydrogen) atoms. The summed E-state index contributed by atoms with van der Waals surface area (Å²) < 4.78 is 19.0. The molecule has 3 rings (SSSR count). The van der Waals surface area contributed by atoms with Crippen LogP contribution in [-0.4, -0.2) is 23.1 Å². The second kappa shape index (κ2) is 8.96. The number of benzene rings is 3. The summed E-state index contributed by atoms with van der Waals surface area (Å²) in [6, 6.07) is 18.5. The van der Waals surface area contributed by atoms with Gasteiger partial charge in [0.15, 0.2) is 0 Å². The molecule has 0 bridgehead atoms. The Hall–Kier alpha value is -2.06. The fraction of sp³-hybridized carbons (Fsp3) is 0.250. The number of hydrogen-bond donors (Lipinski definition) is 0. The minimum atomic E-state index is -3.31. The molecular formula is C24H27BiO3. The zero-order valence-corrected chi connectivity index (χ0v) is 20.8. The summed E-state index contributed by atoms with van der Waals surface area (Å²) in [7, 11) is 0. The third kappa shape index (κ3) is 5.26. The van der Waals surface area contributed by atoms with Crippen molar-refractivity contribution in [3.05, 3.63) is 88.0 Å². The Labute approximate surface area is 177 Å². The topological polar surface area (TPSA) is 27.7 Å². The zero-order valence-electron chi connectivity index (χ0n) is 17.4. The Morgan fingerprint density at radius 1 is 0.464 bits per heavy atom. The van der Waals surface area contributed by atoms with Crippen molar-refractivity contribution in [3.63, 3.8) is 0 Å². The van der Waals surface area contributed by atoms with Crippen LogP contribution in [0.15, 0.2) is 54.6 Å². The minimum absolute atomic E-state index is 0.831. The molecule has 0 aromatic heterocycles. The molecule has 0 spiro atoms. The normalized spacial score (nSPS) is 10.8. The van der Waals surface area contributed by atoms with Gasteiger partial charge in [-0.1, -0.05) is 0 Å². The molecule has 3 nitrogen and oxygen atoms in total. The Morgan fingerprint density at radius 2 is 0.750 bits per heavy atom. The van der Waals surface area contributed by atoms with E-state index >= 15 is 0 Å². The third-order valence-corrected chi connectivity index (χ3v) is 8.54. The van der Waals surface area contributed by atoms with Gasteiger partial charge >= 0.3 is 178 Å². The number of rotatable bonds is 6. The second-order valence-electron chi connectivity index (χ2n) is 7.30. The van der Waals surface area contributed by atoms with E-state index in [-0.39, 0.29) is 0 Å². The quantitative estimate of drug-likeness (QED) is 0.337. The van der Waals surface area contributed by atoms with Gasteiger partial charge < -0.3 is 0 Å². The number of aryl methyl sites for hydroxylation is 6. The summed E-state index contributed by atoms with van der Waals surface area (Å²) in [5, 5.41) is 0. The molecular weight excluding hydrogens is 545 g/mol. The summed E-state index contributed by atoms with van der Waals surface area (Å²) in [5.74, 6) is 2.49. The standard InChI is InChI=1S/3C8H10O.Bi/c3*1-6-3-4-8(9)7(2)5-6;/h3*3-5,9H,1-2H3;/q;;;+3/p-3. The molecule has 3 aromatic carbocycles. The van der Waals surface area contributed by atoms with Crippen LogP contribution in [0.25, 0.3) is 0 Å². The van der Waals surface area contributed by atoms with Gasteiger partial charge in [-0.3, -0.25) is 0 Å². The maximum atomic E-state index is 6.34. The Kier molecular flexibility index (Phi) is 6.62. The molecule has 0 N–H and O–H groups in total. The molecule has 0 saturated carbocycles. The third-order valence-electron chi connectivity index (χ3n) is 4.51. The molecule has 0 aliphatic carbocycles. The maximum absolute atomic E-state index is 6.34. The van der Waals surface area contributed by atoms with Gasteiger partial charge in [-0.15, -0.1) is 0 Å². The Bertz CT molecular complexity index is 854. The van der Waals surface area contributed by atoms with E-state index in [1.807, 2.05) is 18.2 Å². The van der Waals surface area contributed by atoms with Crippen LogP contribution in [0.1, 0.15) is 33.4 Å². The van der Waals surface area contributed by atoms with Gasteiger partial charge in [-0.25, -0.2) is 0 Å².